The van der Waals surface area contributed by atoms with Crippen LogP contribution in [-0.4, -0.2) is 34.8 Å². The van der Waals surface area contributed by atoms with Gasteiger partial charge in [0.2, 0.25) is 5.91 Å². The molecular weight excluding hydrogens is 406 g/mol. The van der Waals surface area contributed by atoms with Gasteiger partial charge in [-0.2, -0.15) is 0 Å². The number of nitrogens with zero attached hydrogens (tertiary/aromatic N) is 2. The van der Waals surface area contributed by atoms with E-state index >= 15 is 0 Å². The van der Waals surface area contributed by atoms with E-state index in [9.17, 15) is 4.79 Å². The first kappa shape index (κ1) is 18.7. The largest absolute Gasteiger partial charge is 0.486 e. The fourth-order valence-corrected chi connectivity index (χ4v) is 5.30. The van der Waals surface area contributed by atoms with Crippen molar-refractivity contribution in [2.45, 2.75) is 37.6 Å². The lowest BCUT2D eigenvalue weighted by Crippen LogP contribution is -2.17. The van der Waals surface area contributed by atoms with E-state index in [2.05, 4.69) is 19.2 Å². The van der Waals surface area contributed by atoms with Crippen molar-refractivity contribution in [3.8, 4) is 11.5 Å². The minimum Gasteiger partial charge on any atom is -0.486 e. The number of anilines is 1. The summed E-state index contributed by atoms with van der Waals surface area (Å²) in [7, 11) is 0. The first-order chi connectivity index (χ1) is 14.1. The molecule has 1 saturated carbocycles. The van der Waals surface area contributed by atoms with Crippen LogP contribution in [-0.2, 0) is 4.79 Å². The number of ether oxygens (including phenoxy) is 2. The number of carbonyl (C=O) groups is 1. The molecule has 1 aromatic carbocycles. The third-order valence-corrected chi connectivity index (χ3v) is 7.20. The predicted molar refractivity (Wildman–Crippen MR) is 116 cm³/mol. The summed E-state index contributed by atoms with van der Waals surface area (Å²) in [5.74, 6) is 3.00. The smallest absolute Gasteiger partial charge is 0.234 e. The average Bonchev–Trinajstić information content (AvgIpc) is 3.52. The van der Waals surface area contributed by atoms with E-state index in [4.69, 9.17) is 19.4 Å². The first-order valence-corrected chi connectivity index (χ1v) is 11.5. The summed E-state index contributed by atoms with van der Waals surface area (Å²) in [6, 6.07) is 5.46. The van der Waals surface area contributed by atoms with Crippen molar-refractivity contribution in [3.63, 3.8) is 0 Å². The molecule has 29 heavy (non-hydrogen) atoms. The molecule has 2 aliphatic rings. The molecule has 0 unspecified atom stereocenters. The Morgan fingerprint density at radius 3 is 2.79 bits per heavy atom. The lowest BCUT2D eigenvalue weighted by molar-refractivity contribution is -0.113. The summed E-state index contributed by atoms with van der Waals surface area (Å²) in [5, 5.41) is 4.95. The van der Waals surface area contributed by atoms with E-state index in [1.165, 1.54) is 22.2 Å². The van der Waals surface area contributed by atoms with Crippen LogP contribution in [0.2, 0.25) is 0 Å². The Morgan fingerprint density at radius 1 is 1.21 bits per heavy atom. The number of hydrogen-bond donors (Lipinski definition) is 1. The fourth-order valence-electron chi connectivity index (χ4n) is 3.31. The topological polar surface area (TPSA) is 73.3 Å². The number of aromatic nitrogens is 2. The maximum atomic E-state index is 12.6. The van der Waals surface area contributed by atoms with Gasteiger partial charge >= 0.3 is 0 Å². The molecule has 1 aliphatic heterocycles. The number of fused-ring (bicyclic) bond motifs is 2. The van der Waals surface area contributed by atoms with Gasteiger partial charge in [0.1, 0.15) is 28.9 Å². The second kappa shape index (κ2) is 7.50. The van der Waals surface area contributed by atoms with Gasteiger partial charge in [-0.1, -0.05) is 11.8 Å². The number of carbonyl (C=O) groups excluding carboxylic acids is 1. The zero-order chi connectivity index (χ0) is 20.0. The van der Waals surface area contributed by atoms with Crippen LogP contribution in [0, 0.1) is 13.8 Å². The van der Waals surface area contributed by atoms with E-state index < -0.39 is 0 Å². The van der Waals surface area contributed by atoms with E-state index in [1.807, 2.05) is 12.1 Å². The molecule has 0 spiro atoms. The molecule has 0 saturated heterocycles. The van der Waals surface area contributed by atoms with Crippen LogP contribution in [0.5, 0.6) is 11.5 Å². The number of hydrogen-bond acceptors (Lipinski definition) is 7. The number of aryl methyl sites for hydroxylation is 2. The Labute approximate surface area is 177 Å². The number of thiophene rings is 1. The Bertz CT molecular complexity index is 1110. The molecule has 6 nitrogen and oxygen atoms in total. The normalized spacial score (nSPS) is 15.5. The van der Waals surface area contributed by atoms with Crippen LogP contribution in [0.4, 0.5) is 5.69 Å². The highest BCUT2D eigenvalue weighted by Crippen LogP contribution is 2.42. The van der Waals surface area contributed by atoms with Gasteiger partial charge in [-0.05, 0) is 44.4 Å². The standard InChI is InChI=1S/C21H21N3O3S2/c1-11-12(2)29-21-18(11)20(23-19(24-21)13-3-4-13)28-10-17(25)22-14-5-6-15-16(9-14)27-8-7-26-15/h5-6,9,13H,3-4,7-8,10H2,1-2H3,(H,22,25). The average molecular weight is 428 g/mol. The monoisotopic (exact) mass is 427 g/mol. The van der Waals surface area contributed by atoms with Crippen molar-refractivity contribution in [1.82, 2.24) is 9.97 Å². The summed E-state index contributed by atoms with van der Waals surface area (Å²) in [6.07, 6.45) is 2.31. The van der Waals surface area contributed by atoms with Gasteiger partial charge in [0, 0.05) is 27.9 Å². The van der Waals surface area contributed by atoms with E-state index in [0.717, 1.165) is 33.9 Å². The minimum absolute atomic E-state index is 0.0731. The van der Waals surface area contributed by atoms with Gasteiger partial charge in [-0.25, -0.2) is 9.97 Å². The van der Waals surface area contributed by atoms with Crippen LogP contribution in [0.3, 0.4) is 0 Å². The van der Waals surface area contributed by atoms with Gasteiger partial charge in [-0.3, -0.25) is 4.79 Å². The molecule has 2 aromatic heterocycles. The van der Waals surface area contributed by atoms with Crippen molar-refractivity contribution in [2.75, 3.05) is 24.3 Å². The molecule has 8 heteroatoms. The van der Waals surface area contributed by atoms with Crippen molar-refractivity contribution in [3.05, 3.63) is 34.5 Å². The van der Waals surface area contributed by atoms with E-state index in [1.54, 1.807) is 17.4 Å². The van der Waals surface area contributed by atoms with Crippen molar-refractivity contribution >= 4 is 44.9 Å². The molecule has 0 bridgehead atoms. The lowest BCUT2D eigenvalue weighted by atomic mass is 10.2. The van der Waals surface area contributed by atoms with Crippen LogP contribution < -0.4 is 14.8 Å². The lowest BCUT2D eigenvalue weighted by Gasteiger charge is -2.19. The molecule has 1 aliphatic carbocycles. The first-order valence-electron chi connectivity index (χ1n) is 9.68. The van der Waals surface area contributed by atoms with Crippen LogP contribution in [0.15, 0.2) is 23.2 Å². The number of rotatable bonds is 5. The maximum absolute atomic E-state index is 12.6. The second-order valence-electron chi connectivity index (χ2n) is 7.32. The number of thioether (sulfide) groups is 1. The van der Waals surface area contributed by atoms with Crippen molar-refractivity contribution in [2.24, 2.45) is 0 Å². The minimum atomic E-state index is -0.0731. The van der Waals surface area contributed by atoms with Crippen molar-refractivity contribution in [1.29, 1.82) is 0 Å². The van der Waals surface area contributed by atoms with Gasteiger partial charge in [0.15, 0.2) is 11.5 Å². The van der Waals surface area contributed by atoms with E-state index in [-0.39, 0.29) is 5.91 Å². The van der Waals surface area contributed by atoms with Gasteiger partial charge in [0.25, 0.3) is 0 Å². The highest BCUT2D eigenvalue weighted by molar-refractivity contribution is 8.00. The number of benzene rings is 1. The third-order valence-electron chi connectivity index (χ3n) is 5.12. The molecule has 5 rings (SSSR count). The summed E-state index contributed by atoms with van der Waals surface area (Å²) in [5.41, 5.74) is 1.91. The van der Waals surface area contributed by atoms with E-state index in [0.29, 0.717) is 42.1 Å². The summed E-state index contributed by atoms with van der Waals surface area (Å²) in [4.78, 5) is 24.5. The molecule has 0 atom stereocenters. The Hall–Kier alpha value is -2.32. The molecule has 3 aromatic rings. The molecule has 3 heterocycles. The van der Waals surface area contributed by atoms with Crippen LogP contribution in [0.25, 0.3) is 10.2 Å². The predicted octanol–water partition coefficient (Wildman–Crippen LogP) is 4.69. The fraction of sp³-hybridized carbons (Fsp3) is 0.381. The highest BCUT2D eigenvalue weighted by Gasteiger charge is 2.28. The third kappa shape index (κ3) is 3.79. The van der Waals surface area contributed by atoms with Gasteiger partial charge in [0.05, 0.1) is 5.75 Å². The van der Waals surface area contributed by atoms with Gasteiger partial charge in [-0.15, -0.1) is 11.3 Å². The summed E-state index contributed by atoms with van der Waals surface area (Å²) < 4.78 is 11.1. The quantitative estimate of drug-likeness (QED) is 0.470. The number of amides is 1. The zero-order valence-corrected chi connectivity index (χ0v) is 17.9. The maximum Gasteiger partial charge on any atom is 0.234 e. The molecule has 150 valence electrons. The van der Waals surface area contributed by atoms with Crippen LogP contribution >= 0.6 is 23.1 Å². The van der Waals surface area contributed by atoms with Crippen LogP contribution in [0.1, 0.15) is 35.0 Å². The van der Waals surface area contributed by atoms with Gasteiger partial charge < -0.3 is 14.8 Å². The molecule has 0 radical (unpaired) electrons. The Morgan fingerprint density at radius 2 is 2.00 bits per heavy atom. The summed E-state index contributed by atoms with van der Waals surface area (Å²) in [6.45, 7) is 5.29. The number of nitrogens with one attached hydrogen (secondary N) is 1. The highest BCUT2D eigenvalue weighted by atomic mass is 32.2. The molecule has 1 amide bonds. The zero-order valence-electron chi connectivity index (χ0n) is 16.3. The molecule has 1 fully saturated rings. The Kier molecular flexibility index (Phi) is 4.83. The second-order valence-corrected chi connectivity index (χ2v) is 9.49. The Balaban J connectivity index is 1.33. The molecule has 1 N–H and O–H groups in total. The summed E-state index contributed by atoms with van der Waals surface area (Å²) >= 11 is 3.19. The van der Waals surface area contributed by atoms with Crippen molar-refractivity contribution < 1.29 is 14.3 Å². The SMILES string of the molecule is Cc1sc2nc(C3CC3)nc(SCC(=O)Nc3ccc4c(c3)OCCO4)c2c1C. The molecular formula is C21H21N3O3S2.